The predicted octanol–water partition coefficient (Wildman–Crippen LogP) is 2.57. The molecule has 0 fully saturated rings. The second-order valence-corrected chi connectivity index (χ2v) is 9.40. The van der Waals surface area contributed by atoms with Crippen LogP contribution in [0.15, 0.2) is 28.1 Å². The third kappa shape index (κ3) is 7.89. The van der Waals surface area contributed by atoms with Gasteiger partial charge in [-0.05, 0) is 58.7 Å². The van der Waals surface area contributed by atoms with E-state index in [1.54, 1.807) is 6.07 Å². The molecule has 1 rings (SSSR count). The first-order valence-corrected chi connectivity index (χ1v) is 11.5. The van der Waals surface area contributed by atoms with Gasteiger partial charge in [-0.15, -0.1) is 0 Å². The minimum Gasteiger partial charge on any atom is -0.357 e. The second-order valence-electron chi connectivity index (χ2n) is 7.42. The highest BCUT2D eigenvalue weighted by molar-refractivity contribution is 7.90. The van der Waals surface area contributed by atoms with Gasteiger partial charge in [0.25, 0.3) is 0 Å². The van der Waals surface area contributed by atoms with Crippen LogP contribution in [0, 0.1) is 6.92 Å². The van der Waals surface area contributed by atoms with Gasteiger partial charge in [0.15, 0.2) is 15.8 Å². The Hall–Kier alpha value is -1.60. The average Bonchev–Trinajstić information content (AvgIpc) is 2.54. The Morgan fingerprint density at radius 3 is 2.26 bits per heavy atom. The van der Waals surface area contributed by atoms with Crippen molar-refractivity contribution in [3.8, 4) is 0 Å². The fraction of sp³-hybridized carbons (Fsp3) is 0.650. The Kier molecular flexibility index (Phi) is 9.26. The van der Waals surface area contributed by atoms with E-state index in [2.05, 4.69) is 48.2 Å². The lowest BCUT2D eigenvalue weighted by Gasteiger charge is -2.30. The van der Waals surface area contributed by atoms with E-state index in [9.17, 15) is 8.42 Å². The monoisotopic (exact) mass is 396 g/mol. The van der Waals surface area contributed by atoms with Gasteiger partial charge in [0.05, 0.1) is 11.4 Å². The van der Waals surface area contributed by atoms with E-state index in [4.69, 9.17) is 0 Å². The predicted molar refractivity (Wildman–Crippen MR) is 114 cm³/mol. The highest BCUT2D eigenvalue weighted by atomic mass is 32.2. The minimum atomic E-state index is -3.19. The number of nitrogens with zero attached hydrogens (tertiary/aromatic N) is 2. The molecule has 2 N–H and O–H groups in total. The van der Waals surface area contributed by atoms with Gasteiger partial charge in [-0.2, -0.15) is 0 Å². The maximum Gasteiger partial charge on any atom is 0.191 e. The molecule has 0 aliphatic heterocycles. The molecule has 0 atom stereocenters. The molecule has 0 amide bonds. The maximum absolute atomic E-state index is 11.7. The number of aryl methyl sites for hydroxylation is 1. The van der Waals surface area contributed by atoms with Gasteiger partial charge in [0.2, 0.25) is 0 Å². The lowest BCUT2D eigenvalue weighted by molar-refractivity contribution is 0.178. The third-order valence-electron chi connectivity index (χ3n) is 4.39. The molecule has 0 saturated carbocycles. The molecular weight excluding hydrogens is 360 g/mol. The summed E-state index contributed by atoms with van der Waals surface area (Å²) in [5, 5.41) is 6.64. The van der Waals surface area contributed by atoms with Crippen LogP contribution in [-0.2, 0) is 16.4 Å². The third-order valence-corrected chi connectivity index (χ3v) is 5.65. The van der Waals surface area contributed by atoms with E-state index >= 15 is 0 Å². The van der Waals surface area contributed by atoms with Crippen LogP contribution in [0.25, 0.3) is 0 Å². The molecule has 6 nitrogen and oxygen atoms in total. The van der Waals surface area contributed by atoms with Crippen LogP contribution in [0.1, 0.15) is 45.7 Å². The lowest BCUT2D eigenvalue weighted by atomic mass is 10.1. The molecular formula is C20H36N4O2S. The highest BCUT2D eigenvalue weighted by Crippen LogP contribution is 2.17. The largest absolute Gasteiger partial charge is 0.357 e. The number of aliphatic imine (C=N–C) groups is 1. The minimum absolute atomic E-state index is 0.378. The zero-order valence-corrected chi connectivity index (χ0v) is 18.7. The quantitative estimate of drug-likeness (QED) is 0.496. The smallest absolute Gasteiger partial charge is 0.191 e. The molecule has 0 aliphatic carbocycles. The van der Waals surface area contributed by atoms with Crippen molar-refractivity contribution in [3.05, 3.63) is 29.3 Å². The van der Waals surface area contributed by atoms with Crippen LogP contribution in [0.2, 0.25) is 0 Å². The van der Waals surface area contributed by atoms with Gasteiger partial charge in [0.1, 0.15) is 0 Å². The number of guanidine groups is 1. The van der Waals surface area contributed by atoms with Gasteiger partial charge >= 0.3 is 0 Å². The Balaban J connectivity index is 2.75. The van der Waals surface area contributed by atoms with Crippen LogP contribution in [0.5, 0.6) is 0 Å². The Bertz CT molecular complexity index is 719. The van der Waals surface area contributed by atoms with Crippen LogP contribution in [-0.4, -0.2) is 57.3 Å². The lowest BCUT2D eigenvalue weighted by Crippen LogP contribution is -2.45. The first-order valence-electron chi connectivity index (χ1n) is 9.63. The van der Waals surface area contributed by atoms with E-state index < -0.39 is 9.84 Å². The molecule has 0 aliphatic rings. The number of sulfone groups is 1. The van der Waals surface area contributed by atoms with Crippen molar-refractivity contribution in [3.63, 3.8) is 0 Å². The molecule has 1 aromatic carbocycles. The summed E-state index contributed by atoms with van der Waals surface area (Å²) in [5.41, 5.74) is 1.75. The molecule has 0 aromatic heterocycles. The maximum atomic E-state index is 11.7. The molecule has 7 heteroatoms. The van der Waals surface area contributed by atoms with Gasteiger partial charge in [-0.1, -0.05) is 12.1 Å². The molecule has 0 unspecified atom stereocenters. The van der Waals surface area contributed by atoms with E-state index in [0.717, 1.165) is 36.7 Å². The van der Waals surface area contributed by atoms with E-state index in [1.807, 2.05) is 26.0 Å². The van der Waals surface area contributed by atoms with Crippen molar-refractivity contribution in [1.29, 1.82) is 0 Å². The Labute approximate surface area is 165 Å². The van der Waals surface area contributed by atoms with Crippen molar-refractivity contribution >= 4 is 15.8 Å². The summed E-state index contributed by atoms with van der Waals surface area (Å²) >= 11 is 0. The van der Waals surface area contributed by atoms with E-state index in [0.29, 0.717) is 23.5 Å². The Morgan fingerprint density at radius 1 is 1.15 bits per heavy atom. The van der Waals surface area contributed by atoms with Gasteiger partial charge in [0, 0.05) is 38.0 Å². The molecule has 0 saturated heterocycles. The Morgan fingerprint density at radius 2 is 1.78 bits per heavy atom. The fourth-order valence-electron chi connectivity index (χ4n) is 3.15. The normalized spacial score (nSPS) is 12.9. The van der Waals surface area contributed by atoms with Crippen LogP contribution < -0.4 is 10.6 Å². The topological polar surface area (TPSA) is 73.8 Å². The number of rotatable bonds is 9. The molecule has 0 radical (unpaired) electrons. The summed E-state index contributed by atoms with van der Waals surface area (Å²) in [6.45, 7) is 15.7. The summed E-state index contributed by atoms with van der Waals surface area (Å²) in [4.78, 5) is 7.44. The van der Waals surface area contributed by atoms with E-state index in [1.165, 1.54) is 6.26 Å². The van der Waals surface area contributed by atoms with Crippen molar-refractivity contribution in [2.75, 3.05) is 25.9 Å². The molecule has 0 heterocycles. The SMILES string of the molecule is CCNC(=NCc1ccc(S(C)(=O)=O)c(C)c1)NCCN(C(C)C)C(C)C. The molecule has 27 heavy (non-hydrogen) atoms. The zero-order chi connectivity index (χ0) is 20.6. The van der Waals surface area contributed by atoms with Crippen molar-refractivity contribution in [2.24, 2.45) is 4.99 Å². The molecule has 154 valence electrons. The van der Waals surface area contributed by atoms with Gasteiger partial charge in [-0.3, -0.25) is 4.90 Å². The second kappa shape index (κ2) is 10.7. The van der Waals surface area contributed by atoms with Crippen LogP contribution >= 0.6 is 0 Å². The summed E-state index contributed by atoms with van der Waals surface area (Å²) in [6, 6.07) is 6.39. The number of nitrogens with one attached hydrogen (secondary N) is 2. The number of benzene rings is 1. The first-order chi connectivity index (χ1) is 12.6. The molecule has 1 aromatic rings. The zero-order valence-electron chi connectivity index (χ0n) is 17.8. The summed E-state index contributed by atoms with van der Waals surface area (Å²) in [7, 11) is -3.19. The summed E-state index contributed by atoms with van der Waals surface area (Å²) in [5.74, 6) is 0.773. The van der Waals surface area contributed by atoms with Crippen molar-refractivity contribution in [1.82, 2.24) is 15.5 Å². The van der Waals surface area contributed by atoms with Gasteiger partial charge in [-0.25, -0.2) is 13.4 Å². The first kappa shape index (κ1) is 23.4. The summed E-state index contributed by atoms with van der Waals surface area (Å²) < 4.78 is 23.5. The van der Waals surface area contributed by atoms with Crippen molar-refractivity contribution in [2.45, 2.75) is 65.1 Å². The standard InChI is InChI=1S/C20H36N4O2S/c1-8-21-20(22-11-12-24(15(2)3)16(4)5)23-14-18-9-10-19(17(6)13-18)27(7,25)26/h9-10,13,15-16H,8,11-12,14H2,1-7H3,(H2,21,22,23). The number of hydrogen-bond acceptors (Lipinski definition) is 4. The van der Waals surface area contributed by atoms with E-state index in [-0.39, 0.29) is 0 Å². The van der Waals surface area contributed by atoms with Crippen LogP contribution in [0.4, 0.5) is 0 Å². The molecule has 0 bridgehead atoms. The van der Waals surface area contributed by atoms with Crippen LogP contribution in [0.3, 0.4) is 0 Å². The summed E-state index contributed by atoms with van der Waals surface area (Å²) in [6.07, 6.45) is 1.23. The highest BCUT2D eigenvalue weighted by Gasteiger charge is 2.13. The average molecular weight is 397 g/mol. The fourth-order valence-corrected chi connectivity index (χ4v) is 4.11. The van der Waals surface area contributed by atoms with Crippen molar-refractivity contribution < 1.29 is 8.42 Å². The van der Waals surface area contributed by atoms with Gasteiger partial charge < -0.3 is 10.6 Å². The number of hydrogen-bond donors (Lipinski definition) is 2. The molecule has 0 spiro atoms.